The molecule has 2 amide bonds. The maximum absolute atomic E-state index is 13.9. The van der Waals surface area contributed by atoms with E-state index in [2.05, 4.69) is 16.8 Å². The lowest BCUT2D eigenvalue weighted by Crippen LogP contribution is -2.46. The van der Waals surface area contributed by atoms with Crippen LogP contribution in [0.3, 0.4) is 0 Å². The van der Waals surface area contributed by atoms with Gasteiger partial charge in [0.1, 0.15) is 5.82 Å². The van der Waals surface area contributed by atoms with Crippen LogP contribution in [0, 0.1) is 19.7 Å². The molecule has 31 heavy (non-hydrogen) atoms. The lowest BCUT2D eigenvalue weighted by Gasteiger charge is -2.32. The van der Waals surface area contributed by atoms with Crippen LogP contribution >= 0.6 is 0 Å². The molecule has 1 saturated heterocycles. The van der Waals surface area contributed by atoms with Crippen LogP contribution in [0.5, 0.6) is 0 Å². The van der Waals surface area contributed by atoms with E-state index in [1.165, 1.54) is 44.2 Å². The van der Waals surface area contributed by atoms with Gasteiger partial charge in [-0.3, -0.25) is 9.59 Å². The van der Waals surface area contributed by atoms with E-state index < -0.39 is 5.82 Å². The van der Waals surface area contributed by atoms with Crippen molar-refractivity contribution in [1.29, 1.82) is 0 Å². The van der Waals surface area contributed by atoms with Crippen LogP contribution in [0.4, 0.5) is 4.39 Å². The summed E-state index contributed by atoms with van der Waals surface area (Å²) in [6.07, 6.45) is 7.54. The van der Waals surface area contributed by atoms with Crippen molar-refractivity contribution >= 4 is 11.8 Å². The van der Waals surface area contributed by atoms with E-state index in [9.17, 15) is 14.0 Å². The second-order valence-electron chi connectivity index (χ2n) is 8.97. The summed E-state index contributed by atoms with van der Waals surface area (Å²) in [5, 5.41) is 3.17. The predicted octanol–water partition coefficient (Wildman–Crippen LogP) is 4.78. The predicted molar refractivity (Wildman–Crippen MR) is 119 cm³/mol. The van der Waals surface area contributed by atoms with Crippen LogP contribution in [0.1, 0.15) is 83.1 Å². The number of aromatic nitrogens is 1. The molecule has 0 spiro atoms. The molecule has 0 bridgehead atoms. The smallest absolute Gasteiger partial charge is 0.256 e. The molecule has 2 aromatic rings. The third kappa shape index (κ3) is 4.53. The standard InChI is InChI=1S/C25H32FN3O2/c1-17-16-22(18(2)29(17)20-8-4-3-5-9-20)24(30)27-19-12-14-28(15-13-19)25(31)21-10-6-7-11-23(21)26/h6-7,10-11,16,19-20H,3-5,8-9,12-15H2,1-2H3,(H,27,30). The first-order chi connectivity index (χ1) is 15.0. The minimum atomic E-state index is -0.490. The molecule has 6 heteroatoms. The summed E-state index contributed by atoms with van der Waals surface area (Å²) >= 11 is 0. The van der Waals surface area contributed by atoms with E-state index in [0.717, 1.165) is 17.0 Å². The number of halogens is 1. The van der Waals surface area contributed by atoms with Crippen molar-refractivity contribution in [1.82, 2.24) is 14.8 Å². The van der Waals surface area contributed by atoms with Gasteiger partial charge in [-0.25, -0.2) is 4.39 Å². The van der Waals surface area contributed by atoms with E-state index in [4.69, 9.17) is 0 Å². The van der Waals surface area contributed by atoms with Crippen molar-refractivity contribution in [2.45, 2.75) is 70.9 Å². The highest BCUT2D eigenvalue weighted by atomic mass is 19.1. The number of hydrogen-bond donors (Lipinski definition) is 1. The Morgan fingerprint density at radius 3 is 2.32 bits per heavy atom. The molecule has 4 rings (SSSR count). The van der Waals surface area contributed by atoms with Gasteiger partial charge in [0.15, 0.2) is 0 Å². The number of hydrogen-bond acceptors (Lipinski definition) is 2. The zero-order chi connectivity index (χ0) is 22.0. The molecule has 166 valence electrons. The van der Waals surface area contributed by atoms with Gasteiger partial charge in [-0.1, -0.05) is 31.4 Å². The third-order valence-electron chi connectivity index (χ3n) is 6.89. The highest BCUT2D eigenvalue weighted by molar-refractivity contribution is 5.96. The van der Waals surface area contributed by atoms with Crippen molar-refractivity contribution in [3.63, 3.8) is 0 Å². The maximum Gasteiger partial charge on any atom is 0.256 e. The van der Waals surface area contributed by atoms with Crippen LogP contribution < -0.4 is 5.32 Å². The normalized spacial score (nSPS) is 18.2. The molecule has 1 aliphatic carbocycles. The Labute approximate surface area is 183 Å². The first kappa shape index (κ1) is 21.6. The van der Waals surface area contributed by atoms with Gasteiger partial charge in [-0.2, -0.15) is 0 Å². The number of benzene rings is 1. The van der Waals surface area contributed by atoms with Crippen LogP contribution in [-0.2, 0) is 0 Å². The Bertz CT molecular complexity index is 954. The summed E-state index contributed by atoms with van der Waals surface area (Å²) in [6, 6.07) is 8.62. The lowest BCUT2D eigenvalue weighted by atomic mass is 9.95. The molecular weight excluding hydrogens is 393 g/mol. The molecule has 0 atom stereocenters. The summed E-state index contributed by atoms with van der Waals surface area (Å²) < 4.78 is 16.3. The van der Waals surface area contributed by atoms with Gasteiger partial charge in [0, 0.05) is 36.6 Å². The molecular formula is C25H32FN3O2. The van der Waals surface area contributed by atoms with Crippen molar-refractivity contribution in [3.8, 4) is 0 Å². The number of carbonyl (C=O) groups is 2. The highest BCUT2D eigenvalue weighted by Crippen LogP contribution is 2.32. The zero-order valence-electron chi connectivity index (χ0n) is 18.5. The van der Waals surface area contributed by atoms with Crippen molar-refractivity contribution in [2.75, 3.05) is 13.1 Å². The zero-order valence-corrected chi connectivity index (χ0v) is 18.5. The number of nitrogens with zero attached hydrogens (tertiary/aromatic N) is 2. The Balaban J connectivity index is 1.36. The second kappa shape index (κ2) is 9.25. The number of carbonyl (C=O) groups excluding carboxylic acids is 2. The number of nitrogens with one attached hydrogen (secondary N) is 1. The lowest BCUT2D eigenvalue weighted by molar-refractivity contribution is 0.0693. The summed E-state index contributed by atoms with van der Waals surface area (Å²) in [6.45, 7) is 5.16. The van der Waals surface area contributed by atoms with Gasteiger partial charge in [-0.05, 0) is 57.7 Å². The van der Waals surface area contributed by atoms with Crippen molar-refractivity contribution in [2.24, 2.45) is 0 Å². The summed E-state index contributed by atoms with van der Waals surface area (Å²) in [7, 11) is 0. The fraction of sp³-hybridized carbons (Fsp3) is 0.520. The first-order valence-corrected chi connectivity index (χ1v) is 11.5. The average molecular weight is 426 g/mol. The van der Waals surface area contributed by atoms with E-state index >= 15 is 0 Å². The van der Waals surface area contributed by atoms with Crippen LogP contribution in [-0.4, -0.2) is 40.4 Å². The molecule has 2 heterocycles. The molecule has 2 aliphatic rings. The van der Waals surface area contributed by atoms with Gasteiger partial charge in [0.25, 0.3) is 11.8 Å². The fourth-order valence-electron chi connectivity index (χ4n) is 5.20. The molecule has 0 radical (unpaired) electrons. The minimum Gasteiger partial charge on any atom is -0.349 e. The molecule has 0 unspecified atom stereocenters. The second-order valence-corrected chi connectivity index (χ2v) is 8.97. The molecule has 5 nitrogen and oxygen atoms in total. The van der Waals surface area contributed by atoms with Gasteiger partial charge >= 0.3 is 0 Å². The number of likely N-dealkylation sites (tertiary alicyclic amines) is 1. The van der Waals surface area contributed by atoms with E-state index in [0.29, 0.717) is 32.0 Å². The molecule has 1 aromatic heterocycles. The number of piperidine rings is 1. The molecule has 1 aliphatic heterocycles. The Hall–Kier alpha value is -2.63. The number of amides is 2. The number of rotatable bonds is 4. The van der Waals surface area contributed by atoms with Crippen LogP contribution in [0.15, 0.2) is 30.3 Å². The van der Waals surface area contributed by atoms with E-state index in [-0.39, 0.29) is 23.4 Å². The topological polar surface area (TPSA) is 54.3 Å². The van der Waals surface area contributed by atoms with Crippen molar-refractivity contribution < 1.29 is 14.0 Å². The highest BCUT2D eigenvalue weighted by Gasteiger charge is 2.28. The largest absolute Gasteiger partial charge is 0.349 e. The van der Waals surface area contributed by atoms with Crippen LogP contribution in [0.2, 0.25) is 0 Å². The Morgan fingerprint density at radius 1 is 0.968 bits per heavy atom. The molecule has 1 aromatic carbocycles. The quantitative estimate of drug-likeness (QED) is 0.766. The number of aryl methyl sites for hydroxylation is 1. The Morgan fingerprint density at radius 2 is 1.65 bits per heavy atom. The SMILES string of the molecule is Cc1cc(C(=O)NC2CCN(C(=O)c3ccccc3F)CC2)c(C)n1C1CCCCC1. The van der Waals surface area contributed by atoms with Gasteiger partial charge in [0.2, 0.25) is 0 Å². The maximum atomic E-state index is 13.9. The van der Waals surface area contributed by atoms with Crippen molar-refractivity contribution in [3.05, 3.63) is 58.7 Å². The first-order valence-electron chi connectivity index (χ1n) is 11.5. The monoisotopic (exact) mass is 425 g/mol. The molecule has 1 saturated carbocycles. The minimum absolute atomic E-state index is 0.0231. The Kier molecular flexibility index (Phi) is 6.44. The molecule has 2 fully saturated rings. The summed E-state index contributed by atoms with van der Waals surface area (Å²) in [5.41, 5.74) is 3.07. The molecule has 1 N–H and O–H groups in total. The summed E-state index contributed by atoms with van der Waals surface area (Å²) in [5.74, 6) is -0.802. The third-order valence-corrected chi connectivity index (χ3v) is 6.89. The van der Waals surface area contributed by atoms with Crippen LogP contribution in [0.25, 0.3) is 0 Å². The van der Waals surface area contributed by atoms with E-state index in [1.807, 2.05) is 13.0 Å². The van der Waals surface area contributed by atoms with Gasteiger partial charge in [-0.15, -0.1) is 0 Å². The van der Waals surface area contributed by atoms with Gasteiger partial charge in [0.05, 0.1) is 11.1 Å². The fourth-order valence-corrected chi connectivity index (χ4v) is 5.20. The average Bonchev–Trinajstić information content (AvgIpc) is 3.09. The van der Waals surface area contributed by atoms with E-state index in [1.54, 1.807) is 17.0 Å². The van der Waals surface area contributed by atoms with Gasteiger partial charge < -0.3 is 14.8 Å². The summed E-state index contributed by atoms with van der Waals surface area (Å²) in [4.78, 5) is 27.3.